The van der Waals surface area contributed by atoms with Gasteiger partial charge in [0.2, 0.25) is 11.2 Å². The van der Waals surface area contributed by atoms with Crippen molar-refractivity contribution in [2.45, 2.75) is 40.2 Å². The quantitative estimate of drug-likeness (QED) is 0.801. The van der Waals surface area contributed by atoms with Gasteiger partial charge in [-0.1, -0.05) is 20.8 Å². The van der Waals surface area contributed by atoms with Gasteiger partial charge in [0.05, 0.1) is 17.1 Å². The van der Waals surface area contributed by atoms with Crippen molar-refractivity contribution in [1.82, 2.24) is 5.27 Å². The second-order valence-corrected chi connectivity index (χ2v) is 8.49. The van der Waals surface area contributed by atoms with Crippen molar-refractivity contribution >= 4 is 22.6 Å². The Hall–Kier alpha value is -1.44. The van der Waals surface area contributed by atoms with Gasteiger partial charge in [0.25, 0.3) is 6.20 Å². The largest absolute Gasteiger partial charge is 0.305 e. The van der Waals surface area contributed by atoms with Crippen molar-refractivity contribution in [2.75, 3.05) is 28.4 Å². The molecule has 2 rings (SSSR count). The van der Waals surface area contributed by atoms with Crippen molar-refractivity contribution < 1.29 is 18.3 Å². The van der Waals surface area contributed by atoms with Crippen LogP contribution in [0.1, 0.15) is 34.6 Å². The zero-order chi connectivity index (χ0) is 15.8. The number of nitrogens with zero attached hydrogens (tertiary/aromatic N) is 3. The fourth-order valence-corrected chi connectivity index (χ4v) is 3.58. The summed E-state index contributed by atoms with van der Waals surface area (Å²) in [7, 11) is -0.801. The summed E-state index contributed by atoms with van der Waals surface area (Å²) in [5.41, 5.74) is -0.783. The van der Waals surface area contributed by atoms with Crippen molar-refractivity contribution in [3.8, 4) is 0 Å². The average molecular weight is 315 g/mol. The molecule has 0 spiro atoms. The number of aromatic nitrogens is 2. The Balaban J connectivity index is 2.13. The molecule has 1 fully saturated rings. The topological polar surface area (TPSA) is 79.3 Å². The molecule has 1 unspecified atom stereocenters. The van der Waals surface area contributed by atoms with Gasteiger partial charge in [-0.2, -0.15) is 0 Å². The highest BCUT2D eigenvalue weighted by atomic mass is 32.2. The van der Waals surface area contributed by atoms with Crippen LogP contribution in [0.15, 0.2) is 10.7 Å². The van der Waals surface area contributed by atoms with Crippen molar-refractivity contribution in [3.63, 3.8) is 0 Å². The van der Waals surface area contributed by atoms with Crippen molar-refractivity contribution in [2.24, 2.45) is 5.41 Å². The SMILES string of the molecule is CC(C)(C)C(=O)Nc1c[n+](N2CCS(=O)CC2(C)C)no1. The summed E-state index contributed by atoms with van der Waals surface area (Å²) in [5.74, 6) is 1.35. The van der Waals surface area contributed by atoms with Crippen LogP contribution in [-0.2, 0) is 15.6 Å². The molecule has 0 radical (unpaired) electrons. The third kappa shape index (κ3) is 3.61. The average Bonchev–Trinajstić information content (AvgIpc) is 2.74. The van der Waals surface area contributed by atoms with Crippen LogP contribution in [0.2, 0.25) is 0 Å². The maximum absolute atomic E-state index is 11.9. The lowest BCUT2D eigenvalue weighted by Crippen LogP contribution is -2.72. The number of nitrogens with one attached hydrogen (secondary N) is 1. The standard InChI is InChI=1S/C13H22N4O3S/c1-12(2,3)11(18)14-10-8-17(15-20-10)16-6-7-21(19)9-13(16,4)5/h8H,6-7,9H2,1-5H3/p+1. The molecule has 1 N–H and O–H groups in total. The van der Waals surface area contributed by atoms with Gasteiger partial charge in [0.1, 0.15) is 5.54 Å². The third-order valence-corrected chi connectivity index (χ3v) is 5.03. The highest BCUT2D eigenvalue weighted by Gasteiger charge is 2.41. The Bertz CT molecular complexity index is 562. The molecule has 7 nitrogen and oxygen atoms in total. The van der Waals surface area contributed by atoms with Gasteiger partial charge in [0.15, 0.2) is 0 Å². The molecule has 1 amide bonds. The maximum atomic E-state index is 11.9. The highest BCUT2D eigenvalue weighted by molar-refractivity contribution is 7.85. The van der Waals surface area contributed by atoms with Crippen LogP contribution < -0.4 is 15.1 Å². The first-order valence-electron chi connectivity index (χ1n) is 6.93. The molecule has 0 aromatic carbocycles. The van der Waals surface area contributed by atoms with Gasteiger partial charge in [0, 0.05) is 22.0 Å². The number of anilines is 1. The minimum absolute atomic E-state index is 0.134. The zero-order valence-corrected chi connectivity index (χ0v) is 14.0. The summed E-state index contributed by atoms with van der Waals surface area (Å²) in [6, 6.07) is 0. The molecule has 0 saturated carbocycles. The van der Waals surface area contributed by atoms with Crippen LogP contribution in [-0.4, -0.2) is 39.0 Å². The van der Waals surface area contributed by atoms with Gasteiger partial charge in [-0.05, 0) is 13.8 Å². The van der Waals surface area contributed by atoms with E-state index in [0.717, 1.165) is 0 Å². The summed E-state index contributed by atoms with van der Waals surface area (Å²) >= 11 is 0. The van der Waals surface area contributed by atoms with Gasteiger partial charge in [-0.15, -0.1) is 5.01 Å². The molecule has 1 aromatic rings. The van der Waals surface area contributed by atoms with E-state index in [-0.39, 0.29) is 11.4 Å². The van der Waals surface area contributed by atoms with E-state index in [0.29, 0.717) is 23.9 Å². The molecule has 1 saturated heterocycles. The summed E-state index contributed by atoms with van der Waals surface area (Å²) in [5, 5.41) is 8.64. The molecule has 1 atom stereocenters. The minimum Gasteiger partial charge on any atom is -0.288 e. The lowest BCUT2D eigenvalue weighted by molar-refractivity contribution is -0.764. The van der Waals surface area contributed by atoms with Crippen LogP contribution in [0.3, 0.4) is 0 Å². The van der Waals surface area contributed by atoms with Gasteiger partial charge < -0.3 is 0 Å². The lowest BCUT2D eigenvalue weighted by atomic mass is 9.96. The predicted molar refractivity (Wildman–Crippen MR) is 79.8 cm³/mol. The second-order valence-electron chi connectivity index (χ2n) is 6.91. The normalized spacial score (nSPS) is 22.1. The number of hydrogen-bond donors (Lipinski definition) is 1. The van der Waals surface area contributed by atoms with Crippen LogP contribution >= 0.6 is 0 Å². The minimum atomic E-state index is -0.801. The molecule has 118 valence electrons. The smallest absolute Gasteiger partial charge is 0.288 e. The van der Waals surface area contributed by atoms with Crippen LogP contribution in [0, 0.1) is 5.41 Å². The molecule has 1 aliphatic heterocycles. The van der Waals surface area contributed by atoms with Gasteiger partial charge >= 0.3 is 5.88 Å². The summed E-state index contributed by atoms with van der Waals surface area (Å²) in [4.78, 5) is 13.5. The van der Waals surface area contributed by atoms with E-state index in [2.05, 4.69) is 10.6 Å². The Morgan fingerprint density at radius 2 is 2.19 bits per heavy atom. The fraction of sp³-hybridized carbons (Fsp3) is 0.769. The molecule has 0 aliphatic carbocycles. The van der Waals surface area contributed by atoms with E-state index in [1.807, 2.05) is 39.6 Å². The van der Waals surface area contributed by atoms with Crippen molar-refractivity contribution in [1.29, 1.82) is 0 Å². The first kappa shape index (κ1) is 15.9. The molecular formula is C13H23N4O3S+. The van der Waals surface area contributed by atoms with E-state index in [1.165, 1.54) is 0 Å². The molecule has 1 aromatic heterocycles. The Morgan fingerprint density at radius 3 is 2.76 bits per heavy atom. The van der Waals surface area contributed by atoms with E-state index in [4.69, 9.17) is 4.52 Å². The molecule has 21 heavy (non-hydrogen) atoms. The second kappa shape index (κ2) is 5.40. The summed E-state index contributed by atoms with van der Waals surface area (Å²) in [6.07, 6.45) is 1.64. The first-order chi connectivity index (χ1) is 9.59. The number of carbonyl (C=O) groups is 1. The summed E-state index contributed by atoms with van der Waals surface area (Å²) in [6.45, 7) is 10.1. The maximum Gasteiger partial charge on any atom is 0.305 e. The lowest BCUT2D eigenvalue weighted by Gasteiger charge is -2.34. The Labute approximate surface area is 127 Å². The van der Waals surface area contributed by atoms with Crippen LogP contribution in [0.4, 0.5) is 5.88 Å². The Morgan fingerprint density at radius 1 is 1.52 bits per heavy atom. The van der Waals surface area contributed by atoms with Crippen LogP contribution in [0.5, 0.6) is 0 Å². The molecule has 0 bridgehead atoms. The molecule has 1 aliphatic rings. The monoisotopic (exact) mass is 315 g/mol. The van der Waals surface area contributed by atoms with Crippen molar-refractivity contribution in [3.05, 3.63) is 6.20 Å². The van der Waals surface area contributed by atoms with Gasteiger partial charge in [-0.25, -0.2) is 0 Å². The molecule has 2 heterocycles. The first-order valence-corrected chi connectivity index (χ1v) is 8.41. The number of carbonyl (C=O) groups excluding carboxylic acids is 1. The van der Waals surface area contributed by atoms with Gasteiger partial charge in [-0.3, -0.25) is 18.8 Å². The molecule has 8 heteroatoms. The number of amides is 1. The zero-order valence-electron chi connectivity index (χ0n) is 13.2. The Kier molecular flexibility index (Phi) is 4.10. The highest BCUT2D eigenvalue weighted by Crippen LogP contribution is 2.18. The number of rotatable bonds is 2. The fourth-order valence-electron chi connectivity index (χ4n) is 2.12. The predicted octanol–water partition coefficient (Wildman–Crippen LogP) is 0.426. The van der Waals surface area contributed by atoms with E-state index >= 15 is 0 Å². The van der Waals surface area contributed by atoms with Crippen LogP contribution in [0.25, 0.3) is 0 Å². The number of hydrogen-bond acceptors (Lipinski definition) is 5. The third-order valence-electron chi connectivity index (χ3n) is 3.36. The summed E-state index contributed by atoms with van der Waals surface area (Å²) < 4.78 is 16.9. The molecular weight excluding hydrogens is 292 g/mol. The van der Waals surface area contributed by atoms with E-state index < -0.39 is 16.2 Å². The van der Waals surface area contributed by atoms with E-state index in [1.54, 1.807) is 11.0 Å². The van der Waals surface area contributed by atoms with E-state index in [9.17, 15) is 9.00 Å².